The predicted molar refractivity (Wildman–Crippen MR) is 154 cm³/mol. The fourth-order valence-electron chi connectivity index (χ4n) is 5.44. The summed E-state index contributed by atoms with van der Waals surface area (Å²) in [4.78, 5) is 41.0. The van der Waals surface area contributed by atoms with Crippen molar-refractivity contribution in [3.63, 3.8) is 0 Å². The number of fused-ring (bicyclic) bond motifs is 1. The number of thiazole rings is 1. The second kappa shape index (κ2) is 12.4. The third kappa shape index (κ3) is 6.08. The molecule has 0 amide bonds. The largest absolute Gasteiger partial charge is 0.481 e. The Morgan fingerprint density at radius 1 is 1.36 bits per heavy atom. The van der Waals surface area contributed by atoms with Gasteiger partial charge in [-0.05, 0) is 38.5 Å². The maximum Gasteiger partial charge on any atom is 0.338 e. The maximum atomic E-state index is 15.6. The standard InChI is InChI=1S/C28H31ClF3N5O6S/c1-4-42-25(39)20-17(34-23(24-33-7-8-44-24)35-21(20)14-5-6-15(29)16(30)9-14)10-36-13-28(31,32)22-18(36)12-43-37(22)11-19(38)27(2,3)26(40)41/h5-9,18-19,21-22,38H,4,10-13H2,1-3H3,(H,34,35)(H,40,41)/t18-,19-,21+,22+/m0/s1. The van der Waals surface area contributed by atoms with Crippen molar-refractivity contribution >= 4 is 40.7 Å². The predicted octanol–water partition coefficient (Wildman–Crippen LogP) is 3.25. The van der Waals surface area contributed by atoms with Crippen LogP contribution in [0.2, 0.25) is 5.02 Å². The molecule has 0 unspecified atom stereocenters. The van der Waals surface area contributed by atoms with Gasteiger partial charge < -0.3 is 20.3 Å². The van der Waals surface area contributed by atoms with Crippen molar-refractivity contribution in [2.45, 2.75) is 50.9 Å². The minimum atomic E-state index is -3.32. The highest BCUT2D eigenvalue weighted by Crippen LogP contribution is 2.42. The fourth-order valence-corrected chi connectivity index (χ4v) is 6.15. The molecule has 0 aliphatic carbocycles. The second-order valence-electron chi connectivity index (χ2n) is 11.2. The number of ether oxygens (including phenoxy) is 1. The second-order valence-corrected chi connectivity index (χ2v) is 12.5. The Bertz CT molecular complexity index is 1490. The van der Waals surface area contributed by atoms with Crippen LogP contribution >= 0.6 is 22.9 Å². The summed E-state index contributed by atoms with van der Waals surface area (Å²) in [6, 6.07) is 0.575. The molecule has 44 heavy (non-hydrogen) atoms. The molecule has 2 saturated heterocycles. The molecule has 16 heteroatoms. The van der Waals surface area contributed by atoms with Gasteiger partial charge in [-0.2, -0.15) is 5.06 Å². The van der Waals surface area contributed by atoms with Crippen LogP contribution in [0, 0.1) is 11.2 Å². The van der Waals surface area contributed by atoms with E-state index in [0.717, 1.165) is 11.1 Å². The van der Waals surface area contributed by atoms with Gasteiger partial charge in [0.15, 0.2) is 10.8 Å². The molecule has 0 spiro atoms. The summed E-state index contributed by atoms with van der Waals surface area (Å²) in [5, 5.41) is 26.1. The lowest BCUT2D eigenvalue weighted by Gasteiger charge is -2.32. The number of carbonyl (C=O) groups excluding carboxylic acids is 1. The highest BCUT2D eigenvalue weighted by molar-refractivity contribution is 7.11. The number of aliphatic hydroxyl groups excluding tert-OH is 1. The molecule has 238 valence electrons. The van der Waals surface area contributed by atoms with Gasteiger partial charge in [0.1, 0.15) is 17.9 Å². The van der Waals surface area contributed by atoms with Crippen LogP contribution in [0.15, 0.2) is 46.0 Å². The summed E-state index contributed by atoms with van der Waals surface area (Å²) >= 11 is 7.17. The van der Waals surface area contributed by atoms with Gasteiger partial charge in [0.25, 0.3) is 5.92 Å². The van der Waals surface area contributed by atoms with Crippen LogP contribution in [0.25, 0.3) is 0 Å². The summed E-state index contributed by atoms with van der Waals surface area (Å²) in [6.45, 7) is 2.71. The van der Waals surface area contributed by atoms with E-state index in [9.17, 15) is 24.2 Å². The maximum absolute atomic E-state index is 15.6. The number of carboxylic acids is 1. The van der Waals surface area contributed by atoms with Crippen LogP contribution in [-0.4, -0.2) is 99.9 Å². The topological polar surface area (TPSA) is 137 Å². The normalized spacial score (nSPS) is 24.5. The molecular weight excluding hydrogens is 627 g/mol. The lowest BCUT2D eigenvalue weighted by atomic mass is 9.86. The molecule has 2 fully saturated rings. The Morgan fingerprint density at radius 3 is 2.75 bits per heavy atom. The van der Waals surface area contributed by atoms with Gasteiger partial charge in [0, 0.05) is 23.8 Å². The van der Waals surface area contributed by atoms with Crippen molar-refractivity contribution in [1.82, 2.24) is 20.3 Å². The van der Waals surface area contributed by atoms with Crippen LogP contribution in [-0.2, 0) is 19.2 Å². The molecule has 3 N–H and O–H groups in total. The number of carboxylic acid groups (broad SMARTS) is 1. The number of likely N-dealkylation sites (tertiary alicyclic amines) is 1. The third-order valence-corrected chi connectivity index (χ3v) is 9.10. The Hall–Kier alpha value is -3.08. The van der Waals surface area contributed by atoms with E-state index in [0.29, 0.717) is 5.01 Å². The zero-order valence-electron chi connectivity index (χ0n) is 24.0. The van der Waals surface area contributed by atoms with Crippen LogP contribution < -0.4 is 5.32 Å². The highest BCUT2D eigenvalue weighted by Gasteiger charge is 2.61. The van der Waals surface area contributed by atoms with Crippen LogP contribution in [0.3, 0.4) is 0 Å². The van der Waals surface area contributed by atoms with E-state index in [2.05, 4.69) is 15.3 Å². The number of halogens is 4. The van der Waals surface area contributed by atoms with E-state index < -0.39 is 66.4 Å². The first-order chi connectivity index (χ1) is 20.7. The van der Waals surface area contributed by atoms with E-state index in [-0.39, 0.29) is 47.5 Å². The van der Waals surface area contributed by atoms with E-state index in [1.54, 1.807) is 18.5 Å². The molecule has 3 aliphatic heterocycles. The first-order valence-corrected chi connectivity index (χ1v) is 15.0. The number of amidine groups is 1. The number of benzene rings is 1. The van der Waals surface area contributed by atoms with Gasteiger partial charge in [-0.25, -0.2) is 22.9 Å². The molecule has 3 aliphatic rings. The number of nitrogens with one attached hydrogen (secondary N) is 1. The van der Waals surface area contributed by atoms with E-state index in [4.69, 9.17) is 21.2 Å². The minimum absolute atomic E-state index is 0.00930. The lowest BCUT2D eigenvalue weighted by Crippen LogP contribution is -2.51. The van der Waals surface area contributed by atoms with Gasteiger partial charge in [0.05, 0.1) is 54.5 Å². The lowest BCUT2D eigenvalue weighted by molar-refractivity contribution is -0.202. The quantitative estimate of drug-likeness (QED) is 0.327. The SMILES string of the molecule is CCOC(=O)C1=C(CN2CC(F)(F)[C@H]3[C@@H]2CON3C[C@H](O)C(C)(C)C(=O)O)NC(c2nccs2)=N[C@@H]1c1ccc(Cl)c(F)c1. The zero-order valence-corrected chi connectivity index (χ0v) is 25.5. The van der Waals surface area contributed by atoms with Crippen molar-refractivity contribution in [1.29, 1.82) is 0 Å². The number of hydrogen-bond acceptors (Lipinski definition) is 11. The van der Waals surface area contributed by atoms with Crippen molar-refractivity contribution in [2.75, 3.05) is 32.8 Å². The summed E-state index contributed by atoms with van der Waals surface area (Å²) in [5.74, 6) is -5.83. The van der Waals surface area contributed by atoms with Crippen LogP contribution in [0.5, 0.6) is 0 Å². The van der Waals surface area contributed by atoms with Crippen molar-refractivity contribution < 1.29 is 42.5 Å². The molecule has 4 heterocycles. The smallest absolute Gasteiger partial charge is 0.338 e. The van der Waals surface area contributed by atoms with Gasteiger partial charge >= 0.3 is 11.9 Å². The van der Waals surface area contributed by atoms with E-state index in [1.165, 1.54) is 42.2 Å². The number of hydroxylamine groups is 2. The van der Waals surface area contributed by atoms with E-state index in [1.807, 2.05) is 0 Å². The van der Waals surface area contributed by atoms with E-state index >= 15 is 8.78 Å². The number of aromatic nitrogens is 1. The molecule has 1 aromatic carbocycles. The number of alkyl halides is 2. The summed E-state index contributed by atoms with van der Waals surface area (Å²) in [6.07, 6.45) is 0.0565. The molecule has 1 aromatic heterocycles. The average molecular weight is 658 g/mol. The number of aliphatic carboxylic acids is 1. The van der Waals surface area contributed by atoms with Crippen LogP contribution in [0.4, 0.5) is 13.2 Å². The summed E-state index contributed by atoms with van der Waals surface area (Å²) < 4.78 is 51.1. The van der Waals surface area contributed by atoms with Crippen LogP contribution in [0.1, 0.15) is 37.4 Å². The Balaban J connectivity index is 1.50. The molecule has 0 radical (unpaired) electrons. The number of esters is 1. The monoisotopic (exact) mass is 657 g/mol. The van der Waals surface area contributed by atoms with Crippen molar-refractivity contribution in [3.05, 3.63) is 62.5 Å². The van der Waals surface area contributed by atoms with Gasteiger partial charge in [-0.15, -0.1) is 11.3 Å². The first kappa shape index (κ1) is 32.3. The molecule has 4 atom stereocenters. The Kier molecular flexibility index (Phi) is 9.08. The number of aliphatic imine (C=N–C) groups is 1. The highest BCUT2D eigenvalue weighted by atomic mass is 35.5. The summed E-state index contributed by atoms with van der Waals surface area (Å²) in [7, 11) is 0. The fraction of sp³-hybridized carbons (Fsp3) is 0.500. The molecule has 5 rings (SSSR count). The zero-order chi connectivity index (χ0) is 32.0. The summed E-state index contributed by atoms with van der Waals surface area (Å²) in [5.41, 5.74) is -1.10. The molecule has 11 nitrogen and oxygen atoms in total. The van der Waals surface area contributed by atoms with Gasteiger partial charge in [-0.1, -0.05) is 17.7 Å². The Labute approximate surface area is 259 Å². The number of hydrogen-bond donors (Lipinski definition) is 3. The number of rotatable bonds is 10. The first-order valence-electron chi connectivity index (χ1n) is 13.8. The minimum Gasteiger partial charge on any atom is -0.481 e. The van der Waals surface area contributed by atoms with Gasteiger partial charge in [-0.3, -0.25) is 19.5 Å². The number of aliphatic hydroxyl groups is 1. The average Bonchev–Trinajstić information content (AvgIpc) is 3.69. The van der Waals surface area contributed by atoms with Crippen molar-refractivity contribution in [3.8, 4) is 0 Å². The number of nitrogens with zero attached hydrogens (tertiary/aromatic N) is 4. The molecular formula is C28H31ClF3N5O6S. The third-order valence-electron chi connectivity index (χ3n) is 8.02. The number of carbonyl (C=O) groups is 2. The van der Waals surface area contributed by atoms with Gasteiger partial charge in [0.2, 0.25) is 0 Å². The molecule has 0 bridgehead atoms. The number of β-amino-alcohol motifs (C(OH)–C–C–N with tert-alkyl or cyclic N) is 1. The molecule has 2 aromatic rings. The Morgan fingerprint density at radius 2 is 2.11 bits per heavy atom. The van der Waals surface area contributed by atoms with Crippen molar-refractivity contribution in [2.24, 2.45) is 10.4 Å². The molecule has 0 saturated carbocycles.